The number of amides is 2. The number of carbonyl (C=O) groups excluding carboxylic acids is 2. The minimum atomic E-state index is -0.712. The molecule has 2 aromatic rings. The summed E-state index contributed by atoms with van der Waals surface area (Å²) in [4.78, 5) is 25.2. The molecular formula is C16H12ClFN2O4. The maximum Gasteiger partial charge on any atom is 0.274 e. The van der Waals surface area contributed by atoms with E-state index in [2.05, 4.69) is 0 Å². The summed E-state index contributed by atoms with van der Waals surface area (Å²) >= 11 is 6.02. The lowest BCUT2D eigenvalue weighted by molar-refractivity contribution is -0.121. The van der Waals surface area contributed by atoms with Crippen molar-refractivity contribution in [1.82, 2.24) is 5.48 Å². The summed E-state index contributed by atoms with van der Waals surface area (Å²) in [5, 5.41) is 8.94. The molecule has 1 aliphatic rings. The molecule has 0 aliphatic carbocycles. The van der Waals surface area contributed by atoms with E-state index in [1.807, 2.05) is 0 Å². The Balaban J connectivity index is 1.99. The fourth-order valence-corrected chi connectivity index (χ4v) is 2.63. The monoisotopic (exact) mass is 350 g/mol. The van der Waals surface area contributed by atoms with E-state index >= 15 is 0 Å². The van der Waals surface area contributed by atoms with Gasteiger partial charge in [-0.05, 0) is 35.9 Å². The molecule has 1 aliphatic heterocycles. The van der Waals surface area contributed by atoms with Crippen LogP contribution in [0.1, 0.15) is 15.9 Å². The average Bonchev–Trinajstić information content (AvgIpc) is 2.58. The summed E-state index contributed by atoms with van der Waals surface area (Å²) < 4.78 is 18.5. The minimum Gasteiger partial charge on any atom is -0.482 e. The molecule has 0 bridgehead atoms. The second-order valence-corrected chi connectivity index (χ2v) is 5.53. The number of nitrogens with one attached hydrogen (secondary N) is 1. The molecule has 1 heterocycles. The summed E-state index contributed by atoms with van der Waals surface area (Å²) in [7, 11) is 0. The normalized spacial score (nSPS) is 13.3. The summed E-state index contributed by atoms with van der Waals surface area (Å²) in [5.41, 5.74) is 2.61. The maximum atomic E-state index is 13.2. The van der Waals surface area contributed by atoms with Crippen LogP contribution in [0.2, 0.25) is 5.02 Å². The van der Waals surface area contributed by atoms with E-state index in [1.165, 1.54) is 46.8 Å². The topological polar surface area (TPSA) is 78.9 Å². The van der Waals surface area contributed by atoms with Crippen LogP contribution >= 0.6 is 11.6 Å². The van der Waals surface area contributed by atoms with E-state index in [4.69, 9.17) is 21.5 Å². The van der Waals surface area contributed by atoms with E-state index in [1.54, 1.807) is 0 Å². The first-order valence-corrected chi connectivity index (χ1v) is 7.33. The Kier molecular flexibility index (Phi) is 4.37. The second kappa shape index (κ2) is 6.46. The van der Waals surface area contributed by atoms with Crippen LogP contribution in [0.25, 0.3) is 0 Å². The standard InChI is InChI=1S/C16H12ClFN2O4/c17-12-6-11(18)3-1-10(12)7-20-13-5-9(16(22)19-23)2-4-14(13)24-8-15(20)21/h1-6,23H,7-8H2,(H,19,22). The van der Waals surface area contributed by atoms with Gasteiger partial charge in [-0.15, -0.1) is 0 Å². The lowest BCUT2D eigenvalue weighted by atomic mass is 10.1. The van der Waals surface area contributed by atoms with Gasteiger partial charge in [-0.25, -0.2) is 9.87 Å². The van der Waals surface area contributed by atoms with Gasteiger partial charge in [-0.2, -0.15) is 0 Å². The number of benzene rings is 2. The summed E-state index contributed by atoms with van der Waals surface area (Å²) in [6.45, 7) is -0.0597. The van der Waals surface area contributed by atoms with Gasteiger partial charge in [0.2, 0.25) is 0 Å². The third kappa shape index (κ3) is 3.04. The molecule has 0 fully saturated rings. The van der Waals surface area contributed by atoms with E-state index in [9.17, 15) is 14.0 Å². The number of hydroxylamine groups is 1. The summed E-state index contributed by atoms with van der Waals surface area (Å²) in [6.07, 6.45) is 0. The van der Waals surface area contributed by atoms with Crippen LogP contribution < -0.4 is 15.1 Å². The van der Waals surface area contributed by atoms with Crippen molar-refractivity contribution in [2.45, 2.75) is 6.54 Å². The van der Waals surface area contributed by atoms with Crippen molar-refractivity contribution >= 4 is 29.1 Å². The van der Waals surface area contributed by atoms with Gasteiger partial charge in [-0.1, -0.05) is 17.7 Å². The van der Waals surface area contributed by atoms with E-state index < -0.39 is 11.7 Å². The quantitative estimate of drug-likeness (QED) is 0.658. The molecule has 6 nitrogen and oxygen atoms in total. The molecule has 24 heavy (non-hydrogen) atoms. The number of hydrogen-bond acceptors (Lipinski definition) is 4. The number of carbonyl (C=O) groups is 2. The summed E-state index contributed by atoms with van der Waals surface area (Å²) in [6, 6.07) is 8.33. The lowest BCUT2D eigenvalue weighted by Crippen LogP contribution is -2.38. The average molecular weight is 351 g/mol. The molecule has 124 valence electrons. The lowest BCUT2D eigenvalue weighted by Gasteiger charge is -2.30. The van der Waals surface area contributed by atoms with Crippen molar-refractivity contribution in [3.63, 3.8) is 0 Å². The first-order valence-electron chi connectivity index (χ1n) is 6.95. The van der Waals surface area contributed by atoms with Gasteiger partial charge in [-0.3, -0.25) is 14.8 Å². The highest BCUT2D eigenvalue weighted by Gasteiger charge is 2.27. The number of fused-ring (bicyclic) bond motifs is 1. The van der Waals surface area contributed by atoms with Gasteiger partial charge in [0, 0.05) is 10.6 Å². The first kappa shape index (κ1) is 16.2. The van der Waals surface area contributed by atoms with Crippen molar-refractivity contribution < 1.29 is 23.9 Å². The Labute approximate surface area is 141 Å². The van der Waals surface area contributed by atoms with E-state index in [0.717, 1.165) is 0 Å². The smallest absolute Gasteiger partial charge is 0.274 e. The highest BCUT2D eigenvalue weighted by molar-refractivity contribution is 6.31. The molecule has 2 amide bonds. The Bertz CT molecular complexity index is 828. The zero-order valence-electron chi connectivity index (χ0n) is 12.3. The third-order valence-corrected chi connectivity index (χ3v) is 3.96. The number of anilines is 1. The van der Waals surface area contributed by atoms with Crippen LogP contribution in [0.15, 0.2) is 36.4 Å². The van der Waals surface area contributed by atoms with Gasteiger partial charge in [0.1, 0.15) is 11.6 Å². The first-order chi connectivity index (χ1) is 11.5. The Morgan fingerprint density at radius 3 is 2.83 bits per heavy atom. The molecule has 0 spiro atoms. The van der Waals surface area contributed by atoms with Crippen LogP contribution in [-0.4, -0.2) is 23.6 Å². The maximum absolute atomic E-state index is 13.2. The van der Waals surface area contributed by atoms with E-state index in [-0.39, 0.29) is 29.6 Å². The molecule has 0 atom stereocenters. The highest BCUT2D eigenvalue weighted by Crippen LogP contribution is 2.34. The number of rotatable bonds is 3. The molecule has 0 unspecified atom stereocenters. The zero-order chi connectivity index (χ0) is 17.3. The van der Waals surface area contributed by atoms with Crippen molar-refractivity contribution in [1.29, 1.82) is 0 Å². The Hall–Kier alpha value is -2.64. The molecular weight excluding hydrogens is 339 g/mol. The number of nitrogens with zero attached hydrogens (tertiary/aromatic N) is 1. The summed E-state index contributed by atoms with van der Waals surface area (Å²) in [5.74, 6) is -1.10. The fourth-order valence-electron chi connectivity index (χ4n) is 2.40. The number of ether oxygens (including phenoxy) is 1. The van der Waals surface area contributed by atoms with Crippen LogP contribution in [0.4, 0.5) is 10.1 Å². The van der Waals surface area contributed by atoms with Gasteiger partial charge in [0.05, 0.1) is 12.2 Å². The zero-order valence-corrected chi connectivity index (χ0v) is 13.0. The molecule has 0 aromatic heterocycles. The largest absolute Gasteiger partial charge is 0.482 e. The van der Waals surface area contributed by atoms with Gasteiger partial charge < -0.3 is 9.64 Å². The number of hydrogen-bond donors (Lipinski definition) is 2. The van der Waals surface area contributed by atoms with Crippen LogP contribution in [0.3, 0.4) is 0 Å². The molecule has 8 heteroatoms. The second-order valence-electron chi connectivity index (χ2n) is 5.13. The molecule has 3 rings (SSSR count). The SMILES string of the molecule is O=C(NO)c1ccc2c(c1)N(Cc1ccc(F)cc1Cl)C(=O)CO2. The predicted octanol–water partition coefficient (Wildman–Crippen LogP) is 2.52. The molecule has 0 radical (unpaired) electrons. The highest BCUT2D eigenvalue weighted by atomic mass is 35.5. The molecule has 0 saturated carbocycles. The Morgan fingerprint density at radius 2 is 2.12 bits per heavy atom. The van der Waals surface area contributed by atoms with Crippen LogP contribution in [0.5, 0.6) is 5.75 Å². The van der Waals surface area contributed by atoms with Gasteiger partial charge in [0.25, 0.3) is 11.8 Å². The van der Waals surface area contributed by atoms with E-state index in [0.29, 0.717) is 17.0 Å². The van der Waals surface area contributed by atoms with Crippen molar-refractivity contribution in [2.75, 3.05) is 11.5 Å². The molecule has 0 saturated heterocycles. The fraction of sp³-hybridized carbons (Fsp3) is 0.125. The van der Waals surface area contributed by atoms with Crippen molar-refractivity contribution in [3.8, 4) is 5.75 Å². The van der Waals surface area contributed by atoms with Crippen LogP contribution in [-0.2, 0) is 11.3 Å². The minimum absolute atomic E-state index is 0.0957. The van der Waals surface area contributed by atoms with Crippen molar-refractivity contribution in [3.05, 3.63) is 58.4 Å². The van der Waals surface area contributed by atoms with Crippen LogP contribution in [0, 0.1) is 5.82 Å². The number of halogens is 2. The third-order valence-electron chi connectivity index (χ3n) is 3.61. The molecule has 2 N–H and O–H groups in total. The Morgan fingerprint density at radius 1 is 1.33 bits per heavy atom. The molecule has 2 aromatic carbocycles. The van der Waals surface area contributed by atoms with Crippen molar-refractivity contribution in [2.24, 2.45) is 0 Å². The predicted molar refractivity (Wildman–Crippen MR) is 83.8 cm³/mol. The van der Waals surface area contributed by atoms with Gasteiger partial charge in [0.15, 0.2) is 6.61 Å². The van der Waals surface area contributed by atoms with Gasteiger partial charge >= 0.3 is 0 Å².